The van der Waals surface area contributed by atoms with E-state index in [9.17, 15) is 0 Å². The molecule has 0 saturated heterocycles. The molecule has 2 N–H and O–H groups in total. The number of ether oxygens (including phenoxy) is 1. The molecule has 88 valence electrons. The van der Waals surface area contributed by atoms with Crippen LogP contribution in [0.1, 0.15) is 19.3 Å². The first-order chi connectivity index (χ1) is 7.70. The van der Waals surface area contributed by atoms with Gasteiger partial charge in [0, 0.05) is 25.3 Å². The number of nitrogens with zero attached hydrogens (tertiary/aromatic N) is 1. The van der Waals surface area contributed by atoms with E-state index in [1.54, 1.807) is 7.11 Å². The third kappa shape index (κ3) is 2.23. The number of anilines is 2. The van der Waals surface area contributed by atoms with Crippen LogP contribution in [-0.2, 0) is 0 Å². The van der Waals surface area contributed by atoms with Gasteiger partial charge in [-0.25, -0.2) is 0 Å². The molecule has 0 radical (unpaired) electrons. The fraction of sp³-hybridized carbons (Fsp3) is 0.538. The number of nitrogens with two attached hydrogens (primary N) is 1. The van der Waals surface area contributed by atoms with E-state index in [2.05, 4.69) is 18.0 Å². The van der Waals surface area contributed by atoms with Crippen molar-refractivity contribution >= 4 is 11.4 Å². The van der Waals surface area contributed by atoms with Gasteiger partial charge in [0.05, 0.1) is 12.8 Å². The molecule has 3 heteroatoms. The van der Waals surface area contributed by atoms with Gasteiger partial charge in [-0.3, -0.25) is 0 Å². The lowest BCUT2D eigenvalue weighted by molar-refractivity contribution is 0.321. The number of benzene rings is 1. The second-order valence-corrected chi connectivity index (χ2v) is 4.60. The summed E-state index contributed by atoms with van der Waals surface area (Å²) in [5, 5.41) is 0. The van der Waals surface area contributed by atoms with Crippen molar-refractivity contribution < 1.29 is 4.74 Å². The van der Waals surface area contributed by atoms with Gasteiger partial charge >= 0.3 is 0 Å². The van der Waals surface area contributed by atoms with E-state index in [0.717, 1.165) is 18.2 Å². The average molecular weight is 220 g/mol. The molecule has 1 aromatic rings. The Morgan fingerprint density at radius 2 is 2.19 bits per heavy atom. The highest BCUT2D eigenvalue weighted by Crippen LogP contribution is 2.31. The fourth-order valence-electron chi connectivity index (χ4n) is 2.11. The predicted octanol–water partition coefficient (Wildman–Crippen LogP) is 2.51. The number of hydrogen-bond donors (Lipinski definition) is 1. The molecule has 1 aliphatic carbocycles. The minimum Gasteiger partial charge on any atom is -0.495 e. The zero-order valence-electron chi connectivity index (χ0n) is 10.1. The molecule has 1 fully saturated rings. The molecule has 3 nitrogen and oxygen atoms in total. The molecular formula is C13H20N2O. The normalized spacial score (nSPS) is 15.6. The van der Waals surface area contributed by atoms with Crippen molar-refractivity contribution in [2.75, 3.05) is 31.3 Å². The van der Waals surface area contributed by atoms with E-state index in [1.807, 2.05) is 12.1 Å². The van der Waals surface area contributed by atoms with E-state index in [4.69, 9.17) is 10.5 Å². The van der Waals surface area contributed by atoms with Gasteiger partial charge in [-0.15, -0.1) is 0 Å². The van der Waals surface area contributed by atoms with Crippen LogP contribution >= 0.6 is 0 Å². The van der Waals surface area contributed by atoms with Crippen LogP contribution < -0.4 is 15.4 Å². The van der Waals surface area contributed by atoms with Crippen molar-refractivity contribution in [3.05, 3.63) is 18.2 Å². The molecule has 0 aliphatic heterocycles. The Balaban J connectivity index is 2.06. The van der Waals surface area contributed by atoms with Crippen LogP contribution in [0.5, 0.6) is 5.75 Å². The summed E-state index contributed by atoms with van der Waals surface area (Å²) in [6, 6.07) is 5.97. The van der Waals surface area contributed by atoms with Crippen LogP contribution in [0.2, 0.25) is 0 Å². The van der Waals surface area contributed by atoms with Gasteiger partial charge in [0.25, 0.3) is 0 Å². The lowest BCUT2D eigenvalue weighted by atomic mass is 9.85. The van der Waals surface area contributed by atoms with Crippen molar-refractivity contribution in [1.29, 1.82) is 0 Å². The summed E-state index contributed by atoms with van der Waals surface area (Å²) in [6.45, 7) is 1.13. The van der Waals surface area contributed by atoms with Crippen LogP contribution in [0.15, 0.2) is 18.2 Å². The van der Waals surface area contributed by atoms with Crippen molar-refractivity contribution in [3.63, 3.8) is 0 Å². The monoisotopic (exact) mass is 220 g/mol. The third-order valence-electron chi connectivity index (χ3n) is 3.41. The molecule has 0 spiro atoms. The molecule has 0 bridgehead atoms. The van der Waals surface area contributed by atoms with Gasteiger partial charge in [0.2, 0.25) is 0 Å². The SMILES string of the molecule is COc1cc(N(C)CC2CCC2)ccc1N. The summed E-state index contributed by atoms with van der Waals surface area (Å²) in [6.07, 6.45) is 4.14. The molecule has 1 aliphatic rings. The van der Waals surface area contributed by atoms with Gasteiger partial charge < -0.3 is 15.4 Å². The quantitative estimate of drug-likeness (QED) is 0.792. The van der Waals surface area contributed by atoms with Crippen LogP contribution in [0, 0.1) is 5.92 Å². The lowest BCUT2D eigenvalue weighted by Crippen LogP contribution is -2.29. The molecular weight excluding hydrogens is 200 g/mol. The molecule has 2 rings (SSSR count). The lowest BCUT2D eigenvalue weighted by Gasteiger charge is -2.31. The maximum Gasteiger partial charge on any atom is 0.143 e. The van der Waals surface area contributed by atoms with Crippen molar-refractivity contribution in [3.8, 4) is 5.75 Å². The highest BCUT2D eigenvalue weighted by Gasteiger charge is 2.19. The average Bonchev–Trinajstić information content (AvgIpc) is 2.24. The zero-order valence-corrected chi connectivity index (χ0v) is 10.1. The maximum atomic E-state index is 5.80. The Hall–Kier alpha value is -1.38. The van der Waals surface area contributed by atoms with Crippen LogP contribution in [0.4, 0.5) is 11.4 Å². The number of methoxy groups -OCH3 is 1. The van der Waals surface area contributed by atoms with Crippen LogP contribution in [-0.4, -0.2) is 20.7 Å². The summed E-state index contributed by atoms with van der Waals surface area (Å²) in [5.41, 5.74) is 7.67. The van der Waals surface area contributed by atoms with E-state index >= 15 is 0 Å². The first kappa shape index (κ1) is 11.1. The van der Waals surface area contributed by atoms with Crippen molar-refractivity contribution in [2.45, 2.75) is 19.3 Å². The second-order valence-electron chi connectivity index (χ2n) is 4.60. The smallest absolute Gasteiger partial charge is 0.143 e. The van der Waals surface area contributed by atoms with Gasteiger partial charge in [-0.2, -0.15) is 0 Å². The number of hydrogen-bond acceptors (Lipinski definition) is 3. The molecule has 0 atom stereocenters. The van der Waals surface area contributed by atoms with Gasteiger partial charge in [-0.05, 0) is 30.9 Å². The molecule has 0 heterocycles. The number of nitrogen functional groups attached to an aromatic ring is 1. The summed E-state index contributed by atoms with van der Waals surface area (Å²) in [4.78, 5) is 2.28. The maximum absolute atomic E-state index is 5.80. The van der Waals surface area contributed by atoms with E-state index in [0.29, 0.717) is 5.69 Å². The minimum absolute atomic E-state index is 0.697. The first-order valence-corrected chi connectivity index (χ1v) is 5.85. The van der Waals surface area contributed by atoms with E-state index in [1.165, 1.54) is 24.9 Å². The van der Waals surface area contributed by atoms with Crippen LogP contribution in [0.25, 0.3) is 0 Å². The minimum atomic E-state index is 0.697. The molecule has 1 saturated carbocycles. The van der Waals surface area contributed by atoms with E-state index < -0.39 is 0 Å². The molecule has 1 aromatic carbocycles. The summed E-state index contributed by atoms with van der Waals surface area (Å²) < 4.78 is 5.23. The largest absolute Gasteiger partial charge is 0.495 e. The summed E-state index contributed by atoms with van der Waals surface area (Å²) in [5.74, 6) is 1.63. The fourth-order valence-corrected chi connectivity index (χ4v) is 2.11. The summed E-state index contributed by atoms with van der Waals surface area (Å²) in [7, 11) is 3.78. The highest BCUT2D eigenvalue weighted by molar-refractivity contribution is 5.62. The standard InChI is InChI=1S/C13H20N2O/c1-15(9-10-4-3-5-10)11-6-7-12(14)13(8-11)16-2/h6-8,10H,3-5,9,14H2,1-2H3. The zero-order chi connectivity index (χ0) is 11.5. The van der Waals surface area contributed by atoms with Crippen molar-refractivity contribution in [1.82, 2.24) is 0 Å². The second kappa shape index (κ2) is 4.64. The van der Waals surface area contributed by atoms with Gasteiger partial charge in [0.1, 0.15) is 5.75 Å². The van der Waals surface area contributed by atoms with E-state index in [-0.39, 0.29) is 0 Å². The Kier molecular flexibility index (Phi) is 3.22. The Bertz CT molecular complexity index is 361. The summed E-state index contributed by atoms with van der Waals surface area (Å²) >= 11 is 0. The Morgan fingerprint density at radius 3 is 2.75 bits per heavy atom. The molecule has 0 aromatic heterocycles. The third-order valence-corrected chi connectivity index (χ3v) is 3.41. The van der Waals surface area contributed by atoms with Gasteiger partial charge in [-0.1, -0.05) is 6.42 Å². The molecule has 0 amide bonds. The van der Waals surface area contributed by atoms with Crippen LogP contribution in [0.3, 0.4) is 0 Å². The molecule has 16 heavy (non-hydrogen) atoms. The number of rotatable bonds is 4. The Morgan fingerprint density at radius 1 is 1.44 bits per heavy atom. The Labute approximate surface area is 97.2 Å². The molecule has 0 unspecified atom stereocenters. The van der Waals surface area contributed by atoms with Crippen molar-refractivity contribution in [2.24, 2.45) is 5.92 Å². The van der Waals surface area contributed by atoms with Gasteiger partial charge in [0.15, 0.2) is 0 Å². The highest BCUT2D eigenvalue weighted by atomic mass is 16.5. The first-order valence-electron chi connectivity index (χ1n) is 5.85. The topological polar surface area (TPSA) is 38.5 Å². The predicted molar refractivity (Wildman–Crippen MR) is 68.0 cm³/mol.